The predicted octanol–water partition coefficient (Wildman–Crippen LogP) is 4.38. The Bertz CT molecular complexity index is 1030. The van der Waals surface area contributed by atoms with E-state index in [1.807, 2.05) is 45.2 Å². The van der Waals surface area contributed by atoms with Gasteiger partial charge in [-0.15, -0.1) is 12.8 Å². The summed E-state index contributed by atoms with van der Waals surface area (Å²) >= 11 is 0. The van der Waals surface area contributed by atoms with Gasteiger partial charge in [0.15, 0.2) is 0 Å². The average Bonchev–Trinajstić information content (AvgIpc) is 3.37. The maximum Gasteiger partial charge on any atom is 0.252 e. The fourth-order valence-corrected chi connectivity index (χ4v) is 3.49. The zero-order chi connectivity index (χ0) is 22.3. The number of aryl methyl sites for hydroxylation is 1. The number of halogens is 1. The van der Waals surface area contributed by atoms with Gasteiger partial charge in [-0.05, 0) is 49.9 Å². The zero-order valence-corrected chi connectivity index (χ0v) is 17.6. The van der Waals surface area contributed by atoms with E-state index in [1.165, 1.54) is 6.20 Å². The lowest BCUT2D eigenvalue weighted by atomic mass is 10.1. The van der Waals surface area contributed by atoms with E-state index < -0.39 is 12.1 Å². The fourth-order valence-electron chi connectivity index (χ4n) is 3.49. The molecule has 1 amide bonds. The van der Waals surface area contributed by atoms with Crippen LogP contribution in [0.3, 0.4) is 0 Å². The summed E-state index contributed by atoms with van der Waals surface area (Å²) in [5.41, 5.74) is 9.77. The van der Waals surface area contributed by atoms with Crippen LogP contribution in [0.15, 0.2) is 36.8 Å². The minimum atomic E-state index is -0.934. The first-order valence-corrected chi connectivity index (χ1v) is 10.0. The molecule has 4 rings (SSSR count). The van der Waals surface area contributed by atoms with Gasteiger partial charge in [0.1, 0.15) is 6.17 Å². The Morgan fingerprint density at radius 1 is 1.30 bits per heavy atom. The van der Waals surface area contributed by atoms with Crippen LogP contribution in [0.4, 0.5) is 10.1 Å². The summed E-state index contributed by atoms with van der Waals surface area (Å²) in [7, 11) is 0. The Morgan fingerprint density at radius 2 is 2.03 bits per heavy atom. The van der Waals surface area contributed by atoms with Crippen LogP contribution >= 0.6 is 0 Å². The van der Waals surface area contributed by atoms with E-state index in [0.717, 1.165) is 29.7 Å². The molecular formula is C23H28FN5O. The molecule has 1 aliphatic rings. The van der Waals surface area contributed by atoms with Crippen molar-refractivity contribution in [3.05, 3.63) is 47.9 Å². The molecule has 0 spiro atoms. The Kier molecular flexibility index (Phi) is 7.93. The minimum Gasteiger partial charge on any atom is -0.377 e. The molecule has 3 aromatic rings. The summed E-state index contributed by atoms with van der Waals surface area (Å²) in [4.78, 5) is 16.3. The largest absolute Gasteiger partial charge is 0.377 e. The quantitative estimate of drug-likeness (QED) is 0.626. The van der Waals surface area contributed by atoms with Crippen LogP contribution in [0, 0.1) is 19.8 Å². The number of nitrogens with zero attached hydrogens (tertiary/aromatic N) is 3. The van der Waals surface area contributed by atoms with E-state index in [0.29, 0.717) is 17.6 Å². The van der Waals surface area contributed by atoms with Crippen molar-refractivity contribution < 1.29 is 9.18 Å². The molecular weight excluding hydrogens is 381 g/mol. The number of hydrogen-bond acceptors (Lipinski definition) is 4. The molecule has 2 atom stereocenters. The van der Waals surface area contributed by atoms with Crippen molar-refractivity contribution >= 4 is 17.1 Å². The second kappa shape index (κ2) is 10.4. The number of aromatic nitrogens is 3. The third-order valence-electron chi connectivity index (χ3n) is 4.88. The number of nitrogens with one attached hydrogen (secondary N) is 1. The Morgan fingerprint density at radius 3 is 2.63 bits per heavy atom. The number of alkyl halides is 1. The average molecular weight is 410 g/mol. The van der Waals surface area contributed by atoms with E-state index in [9.17, 15) is 9.18 Å². The smallest absolute Gasteiger partial charge is 0.252 e. The summed E-state index contributed by atoms with van der Waals surface area (Å²) in [6, 6.07) is 5.48. The standard InChI is InChI=1S/C19H20FN5O.C2H6.C2H2/c1-11-5-6-22-16(7-11)12-8-17-18(24-15-4-2-3-14(15)20)13(19(21)26)9-23-25(17)10-12;2*1-2/h5-10,14-15,24H,2-4H2,1H3,(H2,21,26);1-2H3;1-2H/t14-,15+;;/m0../s1. The first kappa shape index (κ1) is 22.9. The molecule has 6 nitrogen and oxygen atoms in total. The molecule has 1 aliphatic carbocycles. The summed E-state index contributed by atoms with van der Waals surface area (Å²) in [6.07, 6.45) is 14.2. The van der Waals surface area contributed by atoms with Gasteiger partial charge in [0, 0.05) is 18.0 Å². The maximum absolute atomic E-state index is 14.1. The summed E-state index contributed by atoms with van der Waals surface area (Å²) < 4.78 is 15.8. The zero-order valence-electron chi connectivity index (χ0n) is 17.6. The van der Waals surface area contributed by atoms with Gasteiger partial charge in [-0.25, -0.2) is 8.91 Å². The van der Waals surface area contributed by atoms with E-state index in [4.69, 9.17) is 5.73 Å². The van der Waals surface area contributed by atoms with Crippen molar-refractivity contribution in [1.82, 2.24) is 14.6 Å². The molecule has 0 aromatic carbocycles. The molecule has 0 unspecified atom stereocenters. The SMILES string of the molecule is C#C.CC.Cc1ccnc(-c2cc3c(N[C@@H]4CCC[C@@H]4F)c(C(N)=O)cnn3c2)c1. The number of hydrogen-bond donors (Lipinski definition) is 2. The van der Waals surface area contributed by atoms with Gasteiger partial charge in [0.05, 0.1) is 34.7 Å². The molecule has 158 valence electrons. The van der Waals surface area contributed by atoms with Gasteiger partial charge < -0.3 is 11.1 Å². The fraction of sp³-hybridized carbons (Fsp3) is 0.348. The minimum absolute atomic E-state index is 0.262. The third kappa shape index (κ3) is 4.77. The number of pyridine rings is 1. The number of carbonyl (C=O) groups is 1. The second-order valence-corrected chi connectivity index (χ2v) is 6.77. The highest BCUT2D eigenvalue weighted by molar-refractivity contribution is 6.02. The number of nitrogens with two attached hydrogens (primary N) is 1. The van der Waals surface area contributed by atoms with E-state index in [-0.39, 0.29) is 11.6 Å². The highest BCUT2D eigenvalue weighted by Gasteiger charge is 2.29. The first-order chi connectivity index (χ1) is 14.5. The first-order valence-electron chi connectivity index (χ1n) is 10.0. The second-order valence-electron chi connectivity index (χ2n) is 6.77. The summed E-state index contributed by atoms with van der Waals surface area (Å²) in [5, 5.41) is 7.48. The highest BCUT2D eigenvalue weighted by atomic mass is 19.1. The van der Waals surface area contributed by atoms with Crippen LogP contribution in [-0.2, 0) is 0 Å². The van der Waals surface area contributed by atoms with Gasteiger partial charge in [0.25, 0.3) is 5.91 Å². The Balaban J connectivity index is 0.000000757. The molecule has 3 aromatic heterocycles. The topological polar surface area (TPSA) is 85.3 Å². The lowest BCUT2D eigenvalue weighted by Gasteiger charge is -2.19. The van der Waals surface area contributed by atoms with Gasteiger partial charge in [-0.1, -0.05) is 13.8 Å². The molecule has 1 fully saturated rings. The van der Waals surface area contributed by atoms with Crippen LogP contribution in [0.25, 0.3) is 16.8 Å². The maximum atomic E-state index is 14.1. The van der Waals surface area contributed by atoms with Crippen molar-refractivity contribution in [1.29, 1.82) is 0 Å². The Hall–Kier alpha value is -3.40. The molecule has 0 bridgehead atoms. The number of amides is 1. The number of rotatable bonds is 4. The number of anilines is 1. The van der Waals surface area contributed by atoms with Gasteiger partial charge in [0.2, 0.25) is 0 Å². The van der Waals surface area contributed by atoms with Gasteiger partial charge in [-0.2, -0.15) is 5.10 Å². The molecule has 3 heterocycles. The number of terminal acetylenes is 1. The van der Waals surface area contributed by atoms with E-state index in [1.54, 1.807) is 10.7 Å². The lowest BCUT2D eigenvalue weighted by Crippen LogP contribution is -2.27. The van der Waals surface area contributed by atoms with Crippen LogP contribution < -0.4 is 11.1 Å². The van der Waals surface area contributed by atoms with E-state index in [2.05, 4.69) is 28.2 Å². The molecule has 0 radical (unpaired) electrons. The van der Waals surface area contributed by atoms with Crippen molar-refractivity contribution in [2.24, 2.45) is 5.73 Å². The Labute approximate surface area is 176 Å². The molecule has 3 N–H and O–H groups in total. The van der Waals surface area contributed by atoms with Crippen LogP contribution in [0.2, 0.25) is 0 Å². The molecule has 0 aliphatic heterocycles. The summed E-state index contributed by atoms with van der Waals surface area (Å²) in [5.74, 6) is -0.590. The van der Waals surface area contributed by atoms with Crippen LogP contribution in [-0.4, -0.2) is 32.7 Å². The van der Waals surface area contributed by atoms with Gasteiger partial charge in [-0.3, -0.25) is 9.78 Å². The summed E-state index contributed by atoms with van der Waals surface area (Å²) in [6.45, 7) is 6.00. The third-order valence-corrected chi connectivity index (χ3v) is 4.88. The monoisotopic (exact) mass is 409 g/mol. The molecule has 1 saturated carbocycles. The molecule has 30 heavy (non-hydrogen) atoms. The predicted molar refractivity (Wildman–Crippen MR) is 119 cm³/mol. The van der Waals surface area contributed by atoms with Crippen molar-refractivity contribution in [2.45, 2.75) is 52.2 Å². The van der Waals surface area contributed by atoms with Crippen LogP contribution in [0.5, 0.6) is 0 Å². The van der Waals surface area contributed by atoms with Crippen LogP contribution in [0.1, 0.15) is 49.0 Å². The van der Waals surface area contributed by atoms with Gasteiger partial charge >= 0.3 is 0 Å². The van der Waals surface area contributed by atoms with Crippen molar-refractivity contribution in [3.63, 3.8) is 0 Å². The normalized spacial score (nSPS) is 17.4. The number of carbonyl (C=O) groups excluding carboxylic acids is 1. The lowest BCUT2D eigenvalue weighted by molar-refractivity contribution is 0.100. The van der Waals surface area contributed by atoms with Crippen molar-refractivity contribution in [2.75, 3.05) is 5.32 Å². The molecule has 7 heteroatoms. The highest BCUT2D eigenvalue weighted by Crippen LogP contribution is 2.31. The van der Waals surface area contributed by atoms with Crippen molar-refractivity contribution in [3.8, 4) is 24.1 Å². The number of fused-ring (bicyclic) bond motifs is 1. The van der Waals surface area contributed by atoms with E-state index >= 15 is 0 Å². The number of primary amides is 1. The molecule has 0 saturated heterocycles.